The Kier molecular flexibility index (Phi) is 5.63. The van der Waals surface area contributed by atoms with E-state index in [1.165, 1.54) is 13.0 Å². The summed E-state index contributed by atoms with van der Waals surface area (Å²) >= 11 is 0. The number of carbonyl (C=O) groups is 2. The average molecular weight is 198 g/mol. The van der Waals surface area contributed by atoms with Crippen LogP contribution in [0.15, 0.2) is 12.3 Å². The van der Waals surface area contributed by atoms with Crippen molar-refractivity contribution < 1.29 is 24.2 Å². The molecule has 1 atom stereocenters. The van der Waals surface area contributed by atoms with Crippen LogP contribution in [0.4, 0.5) is 4.79 Å². The van der Waals surface area contributed by atoms with Crippen LogP contribution in [0.1, 0.15) is 13.8 Å². The number of hydrogen-bond acceptors (Lipinski definition) is 4. The number of carboxylic acids is 1. The predicted octanol–water partition coefficient (Wildman–Crippen LogP) is 1.15. The zero-order valence-electron chi connectivity index (χ0n) is 7.81. The first-order valence-electron chi connectivity index (χ1n) is 3.75. The van der Waals surface area contributed by atoms with Crippen molar-refractivity contribution in [2.45, 2.75) is 20.0 Å². The first-order chi connectivity index (χ1) is 6.61. The second-order valence-electron chi connectivity index (χ2n) is 2.07. The Morgan fingerprint density at radius 3 is 2.57 bits per heavy atom. The van der Waals surface area contributed by atoms with Crippen LogP contribution in [0.25, 0.3) is 0 Å². The van der Waals surface area contributed by atoms with Gasteiger partial charge in [0.25, 0.3) is 6.10 Å². The summed E-state index contributed by atoms with van der Waals surface area (Å²) in [5.41, 5.74) is 0. The van der Waals surface area contributed by atoms with Crippen LogP contribution < -0.4 is 0 Å². The average Bonchev–Trinajstić information content (AvgIpc) is 2.14. The molecule has 1 unspecified atom stereocenters. The lowest BCUT2D eigenvalue weighted by molar-refractivity contribution is -0.144. The SMILES string of the molecule is CC#CC(OC(=O)OC=CC)C(=O)O. The van der Waals surface area contributed by atoms with Crippen molar-refractivity contribution in [3.05, 3.63) is 12.3 Å². The third kappa shape index (κ3) is 4.83. The quantitative estimate of drug-likeness (QED) is 0.418. The lowest BCUT2D eigenvalue weighted by Gasteiger charge is -2.05. The summed E-state index contributed by atoms with van der Waals surface area (Å²) in [5.74, 6) is 3.19. The van der Waals surface area contributed by atoms with Crippen molar-refractivity contribution >= 4 is 12.1 Å². The van der Waals surface area contributed by atoms with Gasteiger partial charge >= 0.3 is 12.1 Å². The van der Waals surface area contributed by atoms with Crippen LogP contribution in [0, 0.1) is 11.8 Å². The number of carbonyl (C=O) groups excluding carboxylic acids is 1. The van der Waals surface area contributed by atoms with Crippen LogP contribution in [0.2, 0.25) is 0 Å². The van der Waals surface area contributed by atoms with Crippen molar-refractivity contribution in [1.82, 2.24) is 0 Å². The van der Waals surface area contributed by atoms with E-state index in [0.29, 0.717) is 0 Å². The maximum Gasteiger partial charge on any atom is 0.515 e. The van der Waals surface area contributed by atoms with Crippen molar-refractivity contribution in [3.63, 3.8) is 0 Å². The molecule has 14 heavy (non-hydrogen) atoms. The number of carboxylic acid groups (broad SMARTS) is 1. The molecule has 0 radical (unpaired) electrons. The lowest BCUT2D eigenvalue weighted by Crippen LogP contribution is -2.25. The molecule has 0 fully saturated rings. The lowest BCUT2D eigenvalue weighted by atomic mass is 10.4. The summed E-state index contributed by atoms with van der Waals surface area (Å²) in [5, 5.41) is 8.53. The van der Waals surface area contributed by atoms with Gasteiger partial charge in [0.15, 0.2) is 0 Å². The molecule has 0 aliphatic rings. The van der Waals surface area contributed by atoms with Gasteiger partial charge in [-0.3, -0.25) is 0 Å². The van der Waals surface area contributed by atoms with Crippen molar-refractivity contribution in [1.29, 1.82) is 0 Å². The third-order valence-corrected chi connectivity index (χ3v) is 1.01. The Hall–Kier alpha value is -1.96. The summed E-state index contributed by atoms with van der Waals surface area (Å²) in [6.45, 7) is 3.07. The number of rotatable bonds is 3. The van der Waals surface area contributed by atoms with Crippen LogP contribution in [0.3, 0.4) is 0 Å². The fourth-order valence-corrected chi connectivity index (χ4v) is 0.520. The van der Waals surface area contributed by atoms with E-state index in [1.807, 2.05) is 0 Å². The van der Waals surface area contributed by atoms with E-state index in [9.17, 15) is 9.59 Å². The number of hydrogen-bond donors (Lipinski definition) is 1. The fourth-order valence-electron chi connectivity index (χ4n) is 0.520. The highest BCUT2D eigenvalue weighted by Gasteiger charge is 2.19. The van der Waals surface area contributed by atoms with E-state index in [0.717, 1.165) is 6.26 Å². The van der Waals surface area contributed by atoms with Gasteiger partial charge in [0.2, 0.25) is 0 Å². The minimum atomic E-state index is -1.49. The molecular formula is C9H10O5. The number of allylic oxidation sites excluding steroid dienone is 1. The summed E-state index contributed by atoms with van der Waals surface area (Å²) in [6, 6.07) is 0. The zero-order chi connectivity index (χ0) is 11.0. The summed E-state index contributed by atoms with van der Waals surface area (Å²) in [7, 11) is 0. The van der Waals surface area contributed by atoms with Crippen LogP contribution in [-0.2, 0) is 14.3 Å². The number of aliphatic carboxylic acids is 1. The van der Waals surface area contributed by atoms with Gasteiger partial charge < -0.3 is 14.6 Å². The van der Waals surface area contributed by atoms with Crippen molar-refractivity contribution in [2.75, 3.05) is 0 Å². The summed E-state index contributed by atoms with van der Waals surface area (Å²) in [4.78, 5) is 21.2. The smallest absolute Gasteiger partial charge is 0.478 e. The van der Waals surface area contributed by atoms with Gasteiger partial charge in [-0.2, -0.15) is 0 Å². The largest absolute Gasteiger partial charge is 0.515 e. The van der Waals surface area contributed by atoms with Gasteiger partial charge in [-0.15, -0.1) is 5.92 Å². The minimum Gasteiger partial charge on any atom is -0.478 e. The maximum atomic E-state index is 10.8. The number of ether oxygens (including phenoxy) is 2. The summed E-state index contributed by atoms with van der Waals surface area (Å²) in [6.07, 6.45) is -0.0422. The molecule has 0 aromatic rings. The van der Waals surface area contributed by atoms with Crippen LogP contribution in [-0.4, -0.2) is 23.3 Å². The van der Waals surface area contributed by atoms with E-state index in [1.54, 1.807) is 6.92 Å². The first-order valence-corrected chi connectivity index (χ1v) is 3.75. The Morgan fingerprint density at radius 1 is 1.50 bits per heavy atom. The Balaban J connectivity index is 4.21. The van der Waals surface area contributed by atoms with E-state index >= 15 is 0 Å². The highest BCUT2D eigenvalue weighted by atomic mass is 16.7. The zero-order valence-corrected chi connectivity index (χ0v) is 7.81. The van der Waals surface area contributed by atoms with Crippen LogP contribution >= 0.6 is 0 Å². The normalized spacial score (nSPS) is 11.3. The molecule has 0 aromatic heterocycles. The molecule has 0 spiro atoms. The van der Waals surface area contributed by atoms with Gasteiger partial charge in [0.1, 0.15) is 0 Å². The molecule has 0 saturated carbocycles. The minimum absolute atomic E-state index is 1.08. The van der Waals surface area contributed by atoms with Crippen molar-refractivity contribution in [2.24, 2.45) is 0 Å². The molecule has 76 valence electrons. The predicted molar refractivity (Wildman–Crippen MR) is 47.3 cm³/mol. The second-order valence-corrected chi connectivity index (χ2v) is 2.07. The standard InChI is InChI=1S/C9H10O5/c1-3-5-7(8(10)11)14-9(12)13-6-4-2/h4,6-7H,1-2H3,(H,10,11). The fraction of sp³-hybridized carbons (Fsp3) is 0.333. The van der Waals surface area contributed by atoms with Gasteiger partial charge in [-0.05, 0) is 19.8 Å². The highest BCUT2D eigenvalue weighted by molar-refractivity contribution is 5.79. The molecule has 0 aromatic carbocycles. The van der Waals surface area contributed by atoms with Gasteiger partial charge in [0.05, 0.1) is 6.26 Å². The monoisotopic (exact) mass is 198 g/mol. The molecule has 1 N–H and O–H groups in total. The van der Waals surface area contributed by atoms with E-state index < -0.39 is 18.2 Å². The molecule has 0 aliphatic heterocycles. The molecule has 0 rings (SSSR count). The van der Waals surface area contributed by atoms with E-state index in [2.05, 4.69) is 21.3 Å². The molecule has 0 saturated heterocycles. The second kappa shape index (κ2) is 6.54. The molecule has 5 nitrogen and oxygen atoms in total. The highest BCUT2D eigenvalue weighted by Crippen LogP contribution is 1.95. The third-order valence-electron chi connectivity index (χ3n) is 1.01. The topological polar surface area (TPSA) is 72.8 Å². The summed E-state index contributed by atoms with van der Waals surface area (Å²) < 4.78 is 8.71. The molecule has 0 aliphatic carbocycles. The van der Waals surface area contributed by atoms with Gasteiger partial charge in [-0.25, -0.2) is 9.59 Å². The van der Waals surface area contributed by atoms with Gasteiger partial charge in [-0.1, -0.05) is 6.08 Å². The van der Waals surface area contributed by atoms with Crippen LogP contribution in [0.5, 0.6) is 0 Å². The molecule has 0 amide bonds. The first kappa shape index (κ1) is 12.0. The molecular weight excluding hydrogens is 188 g/mol. The Labute approximate surface area is 81.3 Å². The molecule has 0 bridgehead atoms. The molecule has 0 heterocycles. The van der Waals surface area contributed by atoms with E-state index in [-0.39, 0.29) is 0 Å². The molecule has 5 heteroatoms. The van der Waals surface area contributed by atoms with Crippen molar-refractivity contribution in [3.8, 4) is 11.8 Å². The van der Waals surface area contributed by atoms with E-state index in [4.69, 9.17) is 5.11 Å². The maximum absolute atomic E-state index is 10.8. The Bertz CT molecular complexity index is 294. The Morgan fingerprint density at radius 2 is 2.14 bits per heavy atom. The van der Waals surface area contributed by atoms with Gasteiger partial charge in [0, 0.05) is 0 Å².